The molecule has 20 heavy (non-hydrogen) atoms. The van der Waals surface area contributed by atoms with E-state index in [2.05, 4.69) is 37.7 Å². The molecule has 0 spiro atoms. The fourth-order valence-electron chi connectivity index (χ4n) is 2.13. The van der Waals surface area contributed by atoms with E-state index in [1.165, 1.54) is 22.9 Å². The van der Waals surface area contributed by atoms with Crippen LogP contribution in [-0.4, -0.2) is 60.4 Å². The Morgan fingerprint density at radius 3 is 1.55 bits per heavy atom. The predicted molar refractivity (Wildman–Crippen MR) is 87.5 cm³/mol. The Kier molecular flexibility index (Phi) is 5.84. The summed E-state index contributed by atoms with van der Waals surface area (Å²) >= 11 is 3.96. The van der Waals surface area contributed by atoms with Crippen LogP contribution < -0.4 is 0 Å². The highest BCUT2D eigenvalue weighted by atomic mass is 32.2. The quantitative estimate of drug-likeness (QED) is 0.670. The van der Waals surface area contributed by atoms with Gasteiger partial charge in [-0.3, -0.25) is 0 Å². The highest BCUT2D eigenvalue weighted by Gasteiger charge is 2.18. The van der Waals surface area contributed by atoms with Gasteiger partial charge in [0.15, 0.2) is 13.5 Å². The SMILES string of the molecule is CC1=C(CSCCSCC2=C(C)OCN2C)N(C)CO1. The van der Waals surface area contributed by atoms with Crippen LogP contribution in [0.2, 0.25) is 0 Å². The first kappa shape index (κ1) is 15.8. The third-order valence-corrected chi connectivity index (χ3v) is 5.73. The number of ether oxygens (including phenoxy) is 2. The van der Waals surface area contributed by atoms with Gasteiger partial charge in [-0.1, -0.05) is 0 Å². The largest absolute Gasteiger partial charge is 0.476 e. The minimum absolute atomic E-state index is 0.705. The van der Waals surface area contributed by atoms with E-state index in [1.54, 1.807) is 0 Å². The van der Waals surface area contributed by atoms with E-state index in [9.17, 15) is 0 Å². The molecule has 2 rings (SSSR count). The Morgan fingerprint density at radius 2 is 1.25 bits per heavy atom. The summed E-state index contributed by atoms with van der Waals surface area (Å²) in [4.78, 5) is 4.38. The van der Waals surface area contributed by atoms with Crippen LogP contribution in [0.1, 0.15) is 13.8 Å². The Labute approximate surface area is 130 Å². The lowest BCUT2D eigenvalue weighted by Gasteiger charge is -2.14. The van der Waals surface area contributed by atoms with Gasteiger partial charge in [-0.15, -0.1) is 0 Å². The summed E-state index contributed by atoms with van der Waals surface area (Å²) in [5.41, 5.74) is 2.67. The summed E-state index contributed by atoms with van der Waals surface area (Å²) < 4.78 is 11.0. The van der Waals surface area contributed by atoms with Gasteiger partial charge < -0.3 is 19.3 Å². The van der Waals surface area contributed by atoms with Crippen molar-refractivity contribution in [1.82, 2.24) is 9.80 Å². The molecule has 2 aliphatic rings. The molecular weight excluding hydrogens is 292 g/mol. The molecular formula is C14H24N2O2S2. The zero-order valence-corrected chi connectivity index (χ0v) is 14.4. The zero-order chi connectivity index (χ0) is 14.5. The van der Waals surface area contributed by atoms with Gasteiger partial charge in [0.05, 0.1) is 11.4 Å². The Morgan fingerprint density at radius 1 is 0.850 bits per heavy atom. The van der Waals surface area contributed by atoms with Crippen LogP contribution >= 0.6 is 23.5 Å². The lowest BCUT2D eigenvalue weighted by atomic mass is 10.4. The number of rotatable bonds is 7. The van der Waals surface area contributed by atoms with Crippen molar-refractivity contribution in [1.29, 1.82) is 0 Å². The highest BCUT2D eigenvalue weighted by molar-refractivity contribution is 8.03. The second-order valence-electron chi connectivity index (χ2n) is 5.05. The highest BCUT2D eigenvalue weighted by Crippen LogP contribution is 2.24. The van der Waals surface area contributed by atoms with Crippen molar-refractivity contribution < 1.29 is 9.47 Å². The molecule has 0 aromatic carbocycles. The maximum absolute atomic E-state index is 5.51. The maximum Gasteiger partial charge on any atom is 0.160 e. The van der Waals surface area contributed by atoms with E-state index in [0.717, 1.165) is 23.0 Å². The van der Waals surface area contributed by atoms with E-state index in [4.69, 9.17) is 9.47 Å². The average molecular weight is 316 g/mol. The number of nitrogens with zero attached hydrogens (tertiary/aromatic N) is 2. The molecule has 0 radical (unpaired) electrons. The number of hydrogen-bond donors (Lipinski definition) is 0. The van der Waals surface area contributed by atoms with E-state index in [0.29, 0.717) is 13.5 Å². The van der Waals surface area contributed by atoms with Gasteiger partial charge >= 0.3 is 0 Å². The second kappa shape index (κ2) is 7.41. The monoisotopic (exact) mass is 316 g/mol. The van der Waals surface area contributed by atoms with E-state index >= 15 is 0 Å². The predicted octanol–water partition coefficient (Wildman–Crippen LogP) is 2.75. The molecule has 2 aliphatic heterocycles. The van der Waals surface area contributed by atoms with Crippen molar-refractivity contribution in [3.63, 3.8) is 0 Å². The molecule has 4 nitrogen and oxygen atoms in total. The number of allylic oxidation sites excluding steroid dienone is 2. The summed E-state index contributed by atoms with van der Waals surface area (Å²) in [6, 6.07) is 0. The summed E-state index contributed by atoms with van der Waals surface area (Å²) in [5.74, 6) is 6.61. The van der Waals surface area contributed by atoms with Gasteiger partial charge in [0.1, 0.15) is 11.5 Å². The van der Waals surface area contributed by atoms with Crippen LogP contribution in [0.5, 0.6) is 0 Å². The third kappa shape index (κ3) is 3.95. The van der Waals surface area contributed by atoms with Crippen LogP contribution in [0.25, 0.3) is 0 Å². The van der Waals surface area contributed by atoms with Crippen molar-refractivity contribution >= 4 is 23.5 Å². The molecule has 0 aromatic heterocycles. The number of thioether (sulfide) groups is 2. The zero-order valence-electron chi connectivity index (χ0n) is 12.8. The normalized spacial score (nSPS) is 19.0. The fourth-order valence-corrected chi connectivity index (χ4v) is 4.59. The van der Waals surface area contributed by atoms with Crippen molar-refractivity contribution in [3.05, 3.63) is 22.9 Å². The molecule has 6 heteroatoms. The summed E-state index contributed by atoms with van der Waals surface area (Å²) in [7, 11) is 4.18. The van der Waals surface area contributed by atoms with Crippen molar-refractivity contribution in [3.8, 4) is 0 Å². The van der Waals surface area contributed by atoms with E-state index in [-0.39, 0.29) is 0 Å². The maximum atomic E-state index is 5.51. The minimum Gasteiger partial charge on any atom is -0.476 e. The lowest BCUT2D eigenvalue weighted by molar-refractivity contribution is 0.168. The molecule has 0 unspecified atom stereocenters. The van der Waals surface area contributed by atoms with Crippen LogP contribution in [0, 0.1) is 0 Å². The van der Waals surface area contributed by atoms with Crippen LogP contribution in [0.3, 0.4) is 0 Å². The standard InChI is InChI=1S/C14H24N2O2S2/c1-11-13(15(3)9-17-11)7-19-5-6-20-8-14-12(2)18-10-16(14)4/h5-10H2,1-4H3. The molecule has 0 N–H and O–H groups in total. The summed E-state index contributed by atoms with van der Waals surface area (Å²) in [6.07, 6.45) is 0. The van der Waals surface area contributed by atoms with Gasteiger partial charge in [0.25, 0.3) is 0 Å². The lowest BCUT2D eigenvalue weighted by Crippen LogP contribution is -2.15. The first-order chi connectivity index (χ1) is 9.59. The van der Waals surface area contributed by atoms with Gasteiger partial charge in [0, 0.05) is 37.1 Å². The minimum atomic E-state index is 0.705. The fraction of sp³-hybridized carbons (Fsp3) is 0.714. The van der Waals surface area contributed by atoms with Crippen molar-refractivity contribution in [2.75, 3.05) is 50.6 Å². The Hall–Kier alpha value is -0.620. The van der Waals surface area contributed by atoms with E-state index < -0.39 is 0 Å². The molecule has 2 heterocycles. The van der Waals surface area contributed by atoms with Gasteiger partial charge in [0.2, 0.25) is 0 Å². The van der Waals surface area contributed by atoms with Crippen molar-refractivity contribution in [2.45, 2.75) is 13.8 Å². The molecule has 0 saturated carbocycles. The summed E-state index contributed by atoms with van der Waals surface area (Å²) in [6.45, 7) is 5.52. The molecule has 0 bridgehead atoms. The first-order valence-electron chi connectivity index (χ1n) is 6.82. The first-order valence-corrected chi connectivity index (χ1v) is 9.13. The molecule has 0 aliphatic carbocycles. The molecule has 0 saturated heterocycles. The molecule has 114 valence electrons. The number of hydrogen-bond acceptors (Lipinski definition) is 6. The molecule has 0 amide bonds. The Balaban J connectivity index is 1.59. The van der Waals surface area contributed by atoms with E-state index in [1.807, 2.05) is 23.5 Å². The van der Waals surface area contributed by atoms with Gasteiger partial charge in [-0.05, 0) is 13.8 Å². The van der Waals surface area contributed by atoms with Crippen molar-refractivity contribution in [2.24, 2.45) is 0 Å². The second-order valence-corrected chi connectivity index (χ2v) is 7.26. The smallest absolute Gasteiger partial charge is 0.160 e. The summed E-state index contributed by atoms with van der Waals surface area (Å²) in [5, 5.41) is 0. The van der Waals surface area contributed by atoms with Gasteiger partial charge in [-0.2, -0.15) is 23.5 Å². The molecule has 0 aromatic rings. The van der Waals surface area contributed by atoms with Crippen LogP contribution in [0.4, 0.5) is 0 Å². The average Bonchev–Trinajstić information content (AvgIpc) is 2.90. The Bertz CT molecular complexity index is 372. The van der Waals surface area contributed by atoms with Crippen LogP contribution in [0.15, 0.2) is 22.9 Å². The molecule has 0 atom stereocenters. The van der Waals surface area contributed by atoms with Crippen LogP contribution in [-0.2, 0) is 9.47 Å². The van der Waals surface area contributed by atoms with Gasteiger partial charge in [-0.25, -0.2) is 0 Å². The molecule has 0 fully saturated rings. The third-order valence-electron chi connectivity index (χ3n) is 3.53. The topological polar surface area (TPSA) is 24.9 Å².